The zero-order valence-electron chi connectivity index (χ0n) is 8.85. The van der Waals surface area contributed by atoms with Crippen LogP contribution in [0.5, 0.6) is 5.75 Å². The normalized spacial score (nSPS) is 10.3. The Bertz CT molecular complexity index is 611. The second-order valence-electron chi connectivity index (χ2n) is 3.22. The van der Waals surface area contributed by atoms with Crippen molar-refractivity contribution in [1.82, 2.24) is 9.78 Å². The highest BCUT2D eigenvalue weighted by Crippen LogP contribution is 2.18. The lowest BCUT2D eigenvalue weighted by atomic mass is 10.3. The minimum absolute atomic E-state index is 0.0514. The molecule has 1 heterocycles. The largest absolute Gasteiger partial charge is 0.497 e. The molecule has 0 N–H and O–H groups in total. The van der Waals surface area contributed by atoms with Crippen molar-refractivity contribution in [3.63, 3.8) is 0 Å². The van der Waals surface area contributed by atoms with E-state index in [2.05, 4.69) is 5.10 Å². The van der Waals surface area contributed by atoms with Gasteiger partial charge < -0.3 is 4.74 Å². The number of benzene rings is 1. The molecule has 4 nitrogen and oxygen atoms in total. The Labute approximate surface area is 107 Å². The molecule has 17 heavy (non-hydrogen) atoms. The van der Waals surface area contributed by atoms with Crippen LogP contribution in [-0.2, 0) is 0 Å². The van der Waals surface area contributed by atoms with Crippen molar-refractivity contribution in [2.45, 2.75) is 0 Å². The van der Waals surface area contributed by atoms with Gasteiger partial charge in [-0.15, -0.1) is 0 Å². The molecule has 88 valence electrons. The second-order valence-corrected chi connectivity index (χ2v) is 4.01. The van der Waals surface area contributed by atoms with E-state index in [1.807, 2.05) is 0 Å². The molecular formula is C11H8Cl2N2O2. The fourth-order valence-electron chi connectivity index (χ4n) is 1.34. The third-order valence-corrected chi connectivity index (χ3v) is 2.92. The number of nitrogens with zero attached hydrogens (tertiary/aromatic N) is 2. The molecule has 2 aromatic rings. The molecule has 0 saturated heterocycles. The van der Waals surface area contributed by atoms with Gasteiger partial charge in [0.25, 0.3) is 5.56 Å². The molecule has 0 saturated carbocycles. The fourth-order valence-corrected chi connectivity index (χ4v) is 1.59. The predicted molar refractivity (Wildman–Crippen MR) is 66.4 cm³/mol. The summed E-state index contributed by atoms with van der Waals surface area (Å²) in [6.07, 6.45) is 1.32. The van der Waals surface area contributed by atoms with Gasteiger partial charge in [0.05, 0.1) is 24.0 Å². The average molecular weight is 271 g/mol. The number of aromatic nitrogens is 2. The van der Waals surface area contributed by atoms with E-state index in [1.165, 1.54) is 6.20 Å². The lowest BCUT2D eigenvalue weighted by Gasteiger charge is -2.06. The van der Waals surface area contributed by atoms with E-state index in [1.54, 1.807) is 31.4 Å². The van der Waals surface area contributed by atoms with E-state index in [0.717, 1.165) is 4.68 Å². The molecule has 6 heteroatoms. The molecule has 0 radical (unpaired) electrons. The molecule has 0 aliphatic carbocycles. The third-order valence-electron chi connectivity index (χ3n) is 2.17. The SMILES string of the molecule is COc1cccc(-n2ncc(Cl)c(Cl)c2=O)c1. The molecule has 0 aliphatic rings. The Morgan fingerprint density at radius 2 is 2.12 bits per heavy atom. The fraction of sp³-hybridized carbons (Fsp3) is 0.0909. The Kier molecular flexibility index (Phi) is 3.36. The van der Waals surface area contributed by atoms with Gasteiger partial charge in [0.15, 0.2) is 0 Å². The summed E-state index contributed by atoms with van der Waals surface area (Å²) in [7, 11) is 1.55. The molecule has 0 spiro atoms. The van der Waals surface area contributed by atoms with Crippen LogP contribution in [-0.4, -0.2) is 16.9 Å². The molecule has 0 amide bonds. The first kappa shape index (κ1) is 12.0. The van der Waals surface area contributed by atoms with Crippen molar-refractivity contribution in [3.05, 3.63) is 50.9 Å². The smallest absolute Gasteiger partial charge is 0.291 e. The van der Waals surface area contributed by atoms with Gasteiger partial charge in [-0.25, -0.2) is 0 Å². The first-order valence-corrected chi connectivity index (χ1v) is 5.47. The maximum atomic E-state index is 11.8. The molecule has 0 aliphatic heterocycles. The summed E-state index contributed by atoms with van der Waals surface area (Å²) in [5, 5.41) is 4.00. The first-order chi connectivity index (χ1) is 8.13. The maximum absolute atomic E-state index is 11.8. The number of rotatable bonds is 2. The summed E-state index contributed by atoms with van der Waals surface area (Å²) >= 11 is 11.5. The summed E-state index contributed by atoms with van der Waals surface area (Å²) in [6, 6.07) is 6.93. The summed E-state index contributed by atoms with van der Waals surface area (Å²) < 4.78 is 6.23. The van der Waals surface area contributed by atoms with Gasteiger partial charge in [-0.05, 0) is 12.1 Å². The number of hydrogen-bond donors (Lipinski definition) is 0. The highest BCUT2D eigenvalue weighted by Gasteiger charge is 2.09. The summed E-state index contributed by atoms with van der Waals surface area (Å²) in [5.41, 5.74) is 0.0975. The van der Waals surface area contributed by atoms with Gasteiger partial charge in [-0.1, -0.05) is 29.3 Å². The van der Waals surface area contributed by atoms with Crippen LogP contribution in [0.25, 0.3) is 5.69 Å². The Hall–Kier alpha value is -1.52. The number of ether oxygens (including phenoxy) is 1. The lowest BCUT2D eigenvalue weighted by molar-refractivity contribution is 0.414. The van der Waals surface area contributed by atoms with Gasteiger partial charge in [0.1, 0.15) is 10.8 Å². The minimum Gasteiger partial charge on any atom is -0.497 e. The number of halogens is 2. The van der Waals surface area contributed by atoms with Crippen molar-refractivity contribution in [1.29, 1.82) is 0 Å². The molecular weight excluding hydrogens is 263 g/mol. The lowest BCUT2D eigenvalue weighted by Crippen LogP contribution is -2.21. The summed E-state index contributed by atoms with van der Waals surface area (Å²) in [4.78, 5) is 11.8. The Morgan fingerprint density at radius 1 is 1.35 bits per heavy atom. The molecule has 1 aromatic carbocycles. The van der Waals surface area contributed by atoms with E-state index in [4.69, 9.17) is 27.9 Å². The highest BCUT2D eigenvalue weighted by atomic mass is 35.5. The van der Waals surface area contributed by atoms with Crippen molar-refractivity contribution >= 4 is 23.2 Å². The van der Waals surface area contributed by atoms with Crippen LogP contribution in [0.2, 0.25) is 10.0 Å². The molecule has 0 bridgehead atoms. The highest BCUT2D eigenvalue weighted by molar-refractivity contribution is 6.41. The van der Waals surface area contributed by atoms with Gasteiger partial charge in [-0.3, -0.25) is 4.79 Å². The third kappa shape index (κ3) is 2.28. The van der Waals surface area contributed by atoms with Crippen LogP contribution in [0.15, 0.2) is 35.3 Å². The topological polar surface area (TPSA) is 44.1 Å². The average Bonchev–Trinajstić information content (AvgIpc) is 2.36. The van der Waals surface area contributed by atoms with Gasteiger partial charge in [-0.2, -0.15) is 9.78 Å². The van der Waals surface area contributed by atoms with Gasteiger partial charge in [0, 0.05) is 6.07 Å². The zero-order valence-corrected chi connectivity index (χ0v) is 10.4. The minimum atomic E-state index is -0.465. The maximum Gasteiger partial charge on any atom is 0.291 e. The molecule has 0 fully saturated rings. The van der Waals surface area contributed by atoms with Crippen LogP contribution in [0.1, 0.15) is 0 Å². The second kappa shape index (κ2) is 4.77. The summed E-state index contributed by atoms with van der Waals surface area (Å²) in [5.74, 6) is 0.627. The zero-order chi connectivity index (χ0) is 12.4. The van der Waals surface area contributed by atoms with Crippen LogP contribution in [0, 0.1) is 0 Å². The van der Waals surface area contributed by atoms with E-state index in [0.29, 0.717) is 11.4 Å². The van der Waals surface area contributed by atoms with Crippen LogP contribution < -0.4 is 10.3 Å². The van der Waals surface area contributed by atoms with Crippen LogP contribution >= 0.6 is 23.2 Å². The molecule has 2 rings (SSSR count). The van der Waals surface area contributed by atoms with Gasteiger partial charge >= 0.3 is 0 Å². The monoisotopic (exact) mass is 270 g/mol. The van der Waals surface area contributed by atoms with E-state index < -0.39 is 5.56 Å². The Morgan fingerprint density at radius 3 is 2.82 bits per heavy atom. The van der Waals surface area contributed by atoms with E-state index in [9.17, 15) is 4.79 Å². The van der Waals surface area contributed by atoms with Crippen molar-refractivity contribution in [2.24, 2.45) is 0 Å². The summed E-state index contributed by atoms with van der Waals surface area (Å²) in [6.45, 7) is 0. The number of hydrogen-bond acceptors (Lipinski definition) is 3. The van der Waals surface area contributed by atoms with Crippen molar-refractivity contribution in [3.8, 4) is 11.4 Å². The standard InChI is InChI=1S/C11H8Cl2N2O2/c1-17-8-4-2-3-7(5-8)15-11(16)10(13)9(12)6-14-15/h2-6H,1H3. The van der Waals surface area contributed by atoms with E-state index >= 15 is 0 Å². The molecule has 0 atom stereocenters. The van der Waals surface area contributed by atoms with Crippen molar-refractivity contribution in [2.75, 3.05) is 7.11 Å². The molecule has 0 unspecified atom stereocenters. The quantitative estimate of drug-likeness (QED) is 0.843. The molecule has 1 aromatic heterocycles. The predicted octanol–water partition coefficient (Wildman–Crippen LogP) is 2.55. The van der Waals surface area contributed by atoms with Crippen LogP contribution in [0.3, 0.4) is 0 Å². The first-order valence-electron chi connectivity index (χ1n) is 4.71. The number of methoxy groups -OCH3 is 1. The van der Waals surface area contributed by atoms with Crippen LogP contribution in [0.4, 0.5) is 0 Å². The Balaban J connectivity index is 2.61. The van der Waals surface area contributed by atoms with Gasteiger partial charge in [0.2, 0.25) is 0 Å². The van der Waals surface area contributed by atoms with Crippen molar-refractivity contribution < 1.29 is 4.74 Å². The van der Waals surface area contributed by atoms with E-state index in [-0.39, 0.29) is 10.0 Å².